The van der Waals surface area contributed by atoms with Gasteiger partial charge in [-0.2, -0.15) is 0 Å². The SMILES string of the molecule is COc1ccc2ncc(C=O)c(C)c2n1. The molecule has 0 aromatic carbocycles. The molecule has 0 fully saturated rings. The molecular weight excluding hydrogens is 192 g/mol. The Morgan fingerprint density at radius 2 is 2.20 bits per heavy atom. The smallest absolute Gasteiger partial charge is 0.213 e. The highest BCUT2D eigenvalue weighted by atomic mass is 16.5. The highest BCUT2D eigenvalue weighted by molar-refractivity contribution is 5.87. The molecule has 0 spiro atoms. The Morgan fingerprint density at radius 3 is 2.87 bits per heavy atom. The fourth-order valence-electron chi connectivity index (χ4n) is 1.42. The van der Waals surface area contributed by atoms with E-state index in [-0.39, 0.29) is 0 Å². The van der Waals surface area contributed by atoms with Crippen molar-refractivity contribution in [1.29, 1.82) is 0 Å². The topological polar surface area (TPSA) is 52.1 Å². The van der Waals surface area contributed by atoms with E-state index >= 15 is 0 Å². The minimum atomic E-state index is 0.524. The van der Waals surface area contributed by atoms with Crippen molar-refractivity contribution in [2.45, 2.75) is 6.92 Å². The maximum absolute atomic E-state index is 10.7. The Morgan fingerprint density at radius 1 is 1.40 bits per heavy atom. The summed E-state index contributed by atoms with van der Waals surface area (Å²) >= 11 is 0. The van der Waals surface area contributed by atoms with Crippen LogP contribution in [0.3, 0.4) is 0 Å². The van der Waals surface area contributed by atoms with Crippen molar-refractivity contribution in [3.63, 3.8) is 0 Å². The van der Waals surface area contributed by atoms with Gasteiger partial charge < -0.3 is 4.74 Å². The number of fused-ring (bicyclic) bond motifs is 1. The van der Waals surface area contributed by atoms with E-state index in [1.165, 1.54) is 0 Å². The molecule has 0 unspecified atom stereocenters. The van der Waals surface area contributed by atoms with E-state index in [1.54, 1.807) is 19.4 Å². The average molecular weight is 202 g/mol. The number of hydrogen-bond acceptors (Lipinski definition) is 4. The van der Waals surface area contributed by atoms with Gasteiger partial charge in [0.25, 0.3) is 0 Å². The third-order valence-corrected chi connectivity index (χ3v) is 2.32. The third kappa shape index (κ3) is 1.54. The van der Waals surface area contributed by atoms with Crippen LogP contribution in [0.4, 0.5) is 0 Å². The molecule has 15 heavy (non-hydrogen) atoms. The summed E-state index contributed by atoms with van der Waals surface area (Å²) in [6, 6.07) is 3.57. The van der Waals surface area contributed by atoms with Crippen molar-refractivity contribution < 1.29 is 9.53 Å². The minimum absolute atomic E-state index is 0.524. The molecule has 4 nitrogen and oxygen atoms in total. The lowest BCUT2D eigenvalue weighted by Crippen LogP contribution is -1.95. The first-order valence-electron chi connectivity index (χ1n) is 4.52. The fourth-order valence-corrected chi connectivity index (χ4v) is 1.42. The van der Waals surface area contributed by atoms with Crippen LogP contribution in [0.1, 0.15) is 15.9 Å². The molecule has 2 aromatic heterocycles. The molecular formula is C11H10N2O2. The van der Waals surface area contributed by atoms with Crippen molar-refractivity contribution >= 4 is 17.3 Å². The van der Waals surface area contributed by atoms with Crippen LogP contribution in [0.2, 0.25) is 0 Å². The zero-order chi connectivity index (χ0) is 10.8. The molecule has 0 saturated heterocycles. The monoisotopic (exact) mass is 202 g/mol. The van der Waals surface area contributed by atoms with Gasteiger partial charge in [0.2, 0.25) is 5.88 Å². The molecule has 0 amide bonds. The van der Waals surface area contributed by atoms with E-state index in [2.05, 4.69) is 9.97 Å². The summed E-state index contributed by atoms with van der Waals surface area (Å²) in [5.41, 5.74) is 2.86. The zero-order valence-electron chi connectivity index (χ0n) is 8.52. The molecule has 0 radical (unpaired) electrons. The van der Waals surface area contributed by atoms with Crippen LogP contribution in [-0.2, 0) is 0 Å². The second-order valence-corrected chi connectivity index (χ2v) is 3.18. The summed E-state index contributed by atoms with van der Waals surface area (Å²) in [7, 11) is 1.56. The molecule has 0 N–H and O–H groups in total. The number of pyridine rings is 2. The maximum atomic E-state index is 10.7. The summed E-state index contributed by atoms with van der Waals surface area (Å²) in [6.45, 7) is 1.85. The van der Waals surface area contributed by atoms with Crippen LogP contribution in [-0.4, -0.2) is 23.4 Å². The largest absolute Gasteiger partial charge is 0.481 e. The van der Waals surface area contributed by atoms with Crippen LogP contribution in [0.15, 0.2) is 18.3 Å². The average Bonchev–Trinajstić information content (AvgIpc) is 2.29. The van der Waals surface area contributed by atoms with Crippen LogP contribution in [0, 0.1) is 6.92 Å². The van der Waals surface area contributed by atoms with Crippen molar-refractivity contribution in [3.8, 4) is 5.88 Å². The van der Waals surface area contributed by atoms with Gasteiger partial charge >= 0.3 is 0 Å². The number of aromatic nitrogens is 2. The Balaban J connectivity index is 2.77. The molecule has 0 saturated carbocycles. The first kappa shape index (κ1) is 9.58. The summed E-state index contributed by atoms with van der Waals surface area (Å²) in [5.74, 6) is 0.524. The van der Waals surface area contributed by atoms with Crippen LogP contribution >= 0.6 is 0 Å². The first-order chi connectivity index (χ1) is 7.26. The van der Waals surface area contributed by atoms with Gasteiger partial charge in [0, 0.05) is 17.8 Å². The molecule has 4 heteroatoms. The summed E-state index contributed by atoms with van der Waals surface area (Å²) in [6.07, 6.45) is 2.34. The van der Waals surface area contributed by atoms with Crippen molar-refractivity contribution in [2.75, 3.05) is 7.11 Å². The van der Waals surface area contributed by atoms with Crippen LogP contribution < -0.4 is 4.74 Å². The third-order valence-electron chi connectivity index (χ3n) is 2.32. The number of hydrogen-bond donors (Lipinski definition) is 0. The predicted molar refractivity (Wildman–Crippen MR) is 56.2 cm³/mol. The Labute approximate surface area is 86.9 Å². The fraction of sp³-hybridized carbons (Fsp3) is 0.182. The van der Waals surface area contributed by atoms with Gasteiger partial charge in [0.05, 0.1) is 18.1 Å². The maximum Gasteiger partial charge on any atom is 0.213 e. The summed E-state index contributed by atoms with van der Waals surface area (Å²) in [4.78, 5) is 19.1. The number of nitrogens with zero attached hydrogens (tertiary/aromatic N) is 2. The predicted octanol–water partition coefficient (Wildman–Crippen LogP) is 1.76. The van der Waals surface area contributed by atoms with Gasteiger partial charge in [-0.15, -0.1) is 0 Å². The van der Waals surface area contributed by atoms with Gasteiger partial charge in [-0.05, 0) is 18.6 Å². The summed E-state index contributed by atoms with van der Waals surface area (Å²) in [5, 5.41) is 0. The van der Waals surface area contributed by atoms with Gasteiger partial charge in [0.15, 0.2) is 6.29 Å². The Hall–Kier alpha value is -1.97. The van der Waals surface area contributed by atoms with E-state index in [1.807, 2.05) is 13.0 Å². The molecule has 2 heterocycles. The molecule has 0 aliphatic rings. The molecule has 0 aliphatic carbocycles. The van der Waals surface area contributed by atoms with Gasteiger partial charge in [0.1, 0.15) is 0 Å². The normalized spacial score (nSPS) is 10.3. The number of aryl methyl sites for hydroxylation is 1. The Bertz CT molecular complexity index is 523. The second-order valence-electron chi connectivity index (χ2n) is 3.18. The lowest BCUT2D eigenvalue weighted by atomic mass is 10.1. The quantitative estimate of drug-likeness (QED) is 0.696. The molecule has 76 valence electrons. The van der Waals surface area contributed by atoms with E-state index < -0.39 is 0 Å². The van der Waals surface area contributed by atoms with Gasteiger partial charge in [-0.25, -0.2) is 4.98 Å². The number of methoxy groups -OCH3 is 1. The van der Waals surface area contributed by atoms with Crippen molar-refractivity contribution in [3.05, 3.63) is 29.5 Å². The first-order valence-corrected chi connectivity index (χ1v) is 4.52. The Kier molecular flexibility index (Phi) is 2.33. The number of rotatable bonds is 2. The van der Waals surface area contributed by atoms with Crippen molar-refractivity contribution in [1.82, 2.24) is 9.97 Å². The molecule has 0 atom stereocenters. The number of aldehydes is 1. The molecule has 2 aromatic rings. The second kappa shape index (κ2) is 3.65. The molecule has 0 aliphatic heterocycles. The number of carbonyl (C=O) groups excluding carboxylic acids is 1. The van der Waals surface area contributed by atoms with Crippen molar-refractivity contribution in [2.24, 2.45) is 0 Å². The molecule has 2 rings (SSSR count). The molecule has 0 bridgehead atoms. The van der Waals surface area contributed by atoms with E-state index in [0.29, 0.717) is 17.0 Å². The lowest BCUT2D eigenvalue weighted by molar-refractivity contribution is 0.112. The lowest BCUT2D eigenvalue weighted by Gasteiger charge is -2.04. The minimum Gasteiger partial charge on any atom is -0.481 e. The standard InChI is InChI=1S/C11H10N2O2/c1-7-8(6-14)5-12-9-3-4-10(15-2)13-11(7)9/h3-6H,1-2H3. The van der Waals surface area contributed by atoms with Crippen LogP contribution in [0.5, 0.6) is 5.88 Å². The van der Waals surface area contributed by atoms with Gasteiger partial charge in [-0.1, -0.05) is 0 Å². The van der Waals surface area contributed by atoms with Crippen LogP contribution in [0.25, 0.3) is 11.0 Å². The summed E-state index contributed by atoms with van der Waals surface area (Å²) < 4.78 is 5.02. The highest BCUT2D eigenvalue weighted by Crippen LogP contribution is 2.19. The highest BCUT2D eigenvalue weighted by Gasteiger charge is 2.06. The van der Waals surface area contributed by atoms with E-state index in [4.69, 9.17) is 4.74 Å². The number of ether oxygens (including phenoxy) is 1. The number of carbonyl (C=O) groups is 1. The zero-order valence-corrected chi connectivity index (χ0v) is 8.52. The van der Waals surface area contributed by atoms with E-state index in [0.717, 1.165) is 17.4 Å². The van der Waals surface area contributed by atoms with E-state index in [9.17, 15) is 4.79 Å². The van der Waals surface area contributed by atoms with Gasteiger partial charge in [-0.3, -0.25) is 9.78 Å².